The zero-order chi connectivity index (χ0) is 17.8. The summed E-state index contributed by atoms with van der Waals surface area (Å²) in [6, 6.07) is 12.2. The number of hydrazone groups is 1. The molecule has 2 N–H and O–H groups in total. The number of carbonyl (C=O) groups excluding carboxylic acids is 1. The molecule has 128 valence electrons. The van der Waals surface area contributed by atoms with Gasteiger partial charge in [-0.1, -0.05) is 29.8 Å². The number of nitrogens with one attached hydrogen (secondary N) is 2. The molecule has 0 unspecified atom stereocenters. The van der Waals surface area contributed by atoms with Crippen LogP contribution in [-0.2, 0) is 11.8 Å². The molecule has 0 atom stereocenters. The molecular weight excluding hydrogens is 363 g/mol. The number of aryl methyl sites for hydroxylation is 1. The predicted molar refractivity (Wildman–Crippen MR) is 97.3 cm³/mol. The van der Waals surface area contributed by atoms with Crippen LogP contribution in [0.15, 0.2) is 52.7 Å². The minimum Gasteiger partial charge on any atom is -0.272 e. The van der Waals surface area contributed by atoms with Gasteiger partial charge in [0.25, 0.3) is 5.91 Å². The minimum absolute atomic E-state index is 0.138. The van der Waals surface area contributed by atoms with Crippen LogP contribution in [0.4, 0.5) is 4.39 Å². The molecule has 25 heavy (non-hydrogen) atoms. The standard InChI is InChI=1S/C17H14ClFN4OS/c1-23-15-8-3-2-7-14(15)21-17(23)25-10-16(24)22-20-9-11-12(18)5-4-6-13(11)19/h2-9H,10H2,1H3,(H,22,24)/p+1. The average Bonchev–Trinajstić information content (AvgIpc) is 2.92. The lowest BCUT2D eigenvalue weighted by Crippen LogP contribution is -2.30. The molecule has 0 fully saturated rings. The Kier molecular flexibility index (Phi) is 5.35. The third-order valence-electron chi connectivity index (χ3n) is 3.53. The average molecular weight is 378 g/mol. The maximum atomic E-state index is 13.6. The van der Waals surface area contributed by atoms with E-state index in [0.29, 0.717) is 0 Å². The molecule has 0 aliphatic carbocycles. The number of H-pyrrole nitrogens is 1. The molecule has 1 aromatic heterocycles. The molecule has 0 bridgehead atoms. The van der Waals surface area contributed by atoms with Crippen molar-refractivity contribution in [1.82, 2.24) is 10.4 Å². The minimum atomic E-state index is -0.495. The first-order valence-corrected chi connectivity index (χ1v) is 8.78. The van der Waals surface area contributed by atoms with Crippen LogP contribution in [0, 0.1) is 5.82 Å². The number of para-hydroxylation sites is 2. The first-order chi connectivity index (χ1) is 12.1. The first kappa shape index (κ1) is 17.4. The fraction of sp³-hybridized carbons (Fsp3) is 0.118. The van der Waals surface area contributed by atoms with E-state index in [9.17, 15) is 9.18 Å². The van der Waals surface area contributed by atoms with Crippen molar-refractivity contribution in [3.63, 3.8) is 0 Å². The molecule has 8 heteroatoms. The van der Waals surface area contributed by atoms with Crippen molar-refractivity contribution in [2.24, 2.45) is 12.1 Å². The topological polar surface area (TPSA) is 61.1 Å². The Morgan fingerprint density at radius 1 is 1.36 bits per heavy atom. The summed E-state index contributed by atoms with van der Waals surface area (Å²) < 4.78 is 15.6. The van der Waals surface area contributed by atoms with Gasteiger partial charge in [-0.05, 0) is 36.0 Å². The Bertz CT molecular complexity index is 937. The highest BCUT2D eigenvalue weighted by Crippen LogP contribution is 2.17. The van der Waals surface area contributed by atoms with Crippen LogP contribution in [0.25, 0.3) is 11.0 Å². The van der Waals surface area contributed by atoms with Crippen molar-refractivity contribution >= 4 is 46.5 Å². The monoisotopic (exact) mass is 377 g/mol. The van der Waals surface area contributed by atoms with E-state index in [-0.39, 0.29) is 22.2 Å². The number of hydrogen-bond donors (Lipinski definition) is 2. The fourth-order valence-corrected chi connectivity index (χ4v) is 3.30. The van der Waals surface area contributed by atoms with Crippen LogP contribution < -0.4 is 9.99 Å². The molecule has 0 radical (unpaired) electrons. The van der Waals surface area contributed by atoms with E-state index in [1.54, 1.807) is 6.07 Å². The summed E-state index contributed by atoms with van der Waals surface area (Å²) in [7, 11) is 1.93. The number of aromatic nitrogens is 2. The second kappa shape index (κ2) is 7.67. The summed E-state index contributed by atoms with van der Waals surface area (Å²) in [6.45, 7) is 0. The summed E-state index contributed by atoms with van der Waals surface area (Å²) in [4.78, 5) is 15.2. The van der Waals surface area contributed by atoms with Gasteiger partial charge in [0.15, 0.2) is 11.0 Å². The van der Waals surface area contributed by atoms with E-state index in [0.717, 1.165) is 16.2 Å². The number of carbonyl (C=O) groups is 1. The van der Waals surface area contributed by atoms with Gasteiger partial charge < -0.3 is 0 Å². The van der Waals surface area contributed by atoms with Crippen LogP contribution in [0.1, 0.15) is 5.56 Å². The molecule has 0 spiro atoms. The van der Waals surface area contributed by atoms with Gasteiger partial charge in [-0.2, -0.15) is 5.10 Å². The van der Waals surface area contributed by atoms with Gasteiger partial charge in [0.2, 0.25) is 0 Å². The van der Waals surface area contributed by atoms with Gasteiger partial charge >= 0.3 is 5.16 Å². The number of amides is 1. The molecule has 3 rings (SSSR count). The number of benzene rings is 2. The third-order valence-corrected chi connectivity index (χ3v) is 4.92. The first-order valence-electron chi connectivity index (χ1n) is 7.41. The highest BCUT2D eigenvalue weighted by atomic mass is 35.5. The van der Waals surface area contributed by atoms with Gasteiger partial charge in [0.05, 0.1) is 24.0 Å². The number of halogens is 2. The number of rotatable bonds is 5. The fourth-order valence-electron chi connectivity index (χ4n) is 2.28. The van der Waals surface area contributed by atoms with Gasteiger partial charge in [-0.3, -0.25) is 4.79 Å². The zero-order valence-corrected chi connectivity index (χ0v) is 14.9. The largest absolute Gasteiger partial charge is 0.317 e. The summed E-state index contributed by atoms with van der Waals surface area (Å²) in [5, 5.41) is 4.85. The van der Waals surface area contributed by atoms with Crippen LogP contribution >= 0.6 is 23.4 Å². The molecule has 5 nitrogen and oxygen atoms in total. The second-order valence-corrected chi connectivity index (χ2v) is 6.59. The quantitative estimate of drug-likeness (QED) is 0.311. The van der Waals surface area contributed by atoms with Crippen molar-refractivity contribution in [3.05, 3.63) is 58.9 Å². The Morgan fingerprint density at radius 3 is 2.92 bits per heavy atom. The summed E-state index contributed by atoms with van der Waals surface area (Å²) in [5.41, 5.74) is 4.56. The van der Waals surface area contributed by atoms with Gasteiger partial charge in [0.1, 0.15) is 5.82 Å². The molecule has 0 aliphatic heterocycles. The van der Waals surface area contributed by atoms with Crippen molar-refractivity contribution in [1.29, 1.82) is 0 Å². The molecule has 1 amide bonds. The maximum Gasteiger partial charge on any atom is 0.317 e. The van der Waals surface area contributed by atoms with Crippen molar-refractivity contribution < 1.29 is 13.8 Å². The maximum absolute atomic E-state index is 13.6. The van der Waals surface area contributed by atoms with Gasteiger partial charge in [0, 0.05) is 5.56 Å². The van der Waals surface area contributed by atoms with Crippen LogP contribution in [-0.4, -0.2) is 22.9 Å². The normalized spacial score (nSPS) is 11.3. The molecule has 3 aromatic rings. The number of nitrogens with zero attached hydrogens (tertiary/aromatic N) is 2. The number of hydrogen-bond acceptors (Lipinski definition) is 3. The lowest BCUT2D eigenvalue weighted by atomic mass is 10.2. The van der Waals surface area contributed by atoms with E-state index in [1.165, 1.54) is 30.1 Å². The second-order valence-electron chi connectivity index (χ2n) is 5.22. The molecular formula is C17H15ClFN4OS+. The van der Waals surface area contributed by atoms with E-state index in [4.69, 9.17) is 11.6 Å². The van der Waals surface area contributed by atoms with Gasteiger partial charge in [-0.25, -0.2) is 19.4 Å². The Morgan fingerprint density at radius 2 is 2.16 bits per heavy atom. The molecule has 2 aromatic carbocycles. The van der Waals surface area contributed by atoms with Crippen molar-refractivity contribution in [2.45, 2.75) is 5.16 Å². The smallest absolute Gasteiger partial charge is 0.272 e. The summed E-state index contributed by atoms with van der Waals surface area (Å²) in [5.74, 6) is -0.624. The number of thioether (sulfide) groups is 1. The van der Waals surface area contributed by atoms with Crippen molar-refractivity contribution in [3.8, 4) is 0 Å². The Balaban J connectivity index is 1.59. The zero-order valence-electron chi connectivity index (χ0n) is 13.3. The van der Waals surface area contributed by atoms with E-state index in [1.807, 2.05) is 35.9 Å². The lowest BCUT2D eigenvalue weighted by molar-refractivity contribution is -0.683. The van der Waals surface area contributed by atoms with E-state index in [2.05, 4.69) is 15.5 Å². The lowest BCUT2D eigenvalue weighted by Gasteiger charge is -2.00. The van der Waals surface area contributed by atoms with Gasteiger partial charge in [-0.15, -0.1) is 0 Å². The summed E-state index contributed by atoms with van der Waals surface area (Å²) in [6.07, 6.45) is 1.20. The Labute approximate surface area is 152 Å². The SMILES string of the molecule is C[n+]1c(SCC(=O)NN=Cc2c(F)cccc2Cl)[nH]c2ccccc21. The summed E-state index contributed by atoms with van der Waals surface area (Å²) >= 11 is 7.24. The van der Waals surface area contributed by atoms with Crippen molar-refractivity contribution in [2.75, 3.05) is 5.75 Å². The highest BCUT2D eigenvalue weighted by Gasteiger charge is 2.16. The number of imidazole rings is 1. The Hall–Kier alpha value is -2.38. The molecule has 0 saturated heterocycles. The third kappa shape index (κ3) is 4.00. The molecule has 0 saturated carbocycles. The highest BCUT2D eigenvalue weighted by molar-refractivity contribution is 7.99. The van der Waals surface area contributed by atoms with Crippen LogP contribution in [0.5, 0.6) is 0 Å². The predicted octanol–water partition coefficient (Wildman–Crippen LogP) is 3.03. The van der Waals surface area contributed by atoms with Crippen LogP contribution in [0.3, 0.4) is 0 Å². The molecule has 1 heterocycles. The van der Waals surface area contributed by atoms with E-state index >= 15 is 0 Å². The molecule has 0 aliphatic rings. The van der Waals surface area contributed by atoms with E-state index < -0.39 is 5.82 Å². The number of aromatic amines is 1. The number of fused-ring (bicyclic) bond motifs is 1. The van der Waals surface area contributed by atoms with Crippen LogP contribution in [0.2, 0.25) is 5.02 Å².